The lowest BCUT2D eigenvalue weighted by Crippen LogP contribution is -2.22. The van der Waals surface area contributed by atoms with Crippen molar-refractivity contribution >= 4 is 23.4 Å². The second kappa shape index (κ2) is 7.85. The van der Waals surface area contributed by atoms with E-state index in [1.807, 2.05) is 68.6 Å². The average Bonchev–Trinajstić information content (AvgIpc) is 3.02. The molecule has 0 bridgehead atoms. The summed E-state index contributed by atoms with van der Waals surface area (Å²) in [5, 5.41) is 11.1. The van der Waals surface area contributed by atoms with Crippen molar-refractivity contribution in [1.29, 1.82) is 0 Å². The molecule has 0 aliphatic rings. The molecule has 3 aromatic rings. The predicted octanol–water partition coefficient (Wildman–Crippen LogP) is 3.73. The minimum Gasteiger partial charge on any atom is -0.457 e. The van der Waals surface area contributed by atoms with E-state index in [-0.39, 0.29) is 11.2 Å². The van der Waals surface area contributed by atoms with E-state index in [1.54, 1.807) is 10.9 Å². The summed E-state index contributed by atoms with van der Waals surface area (Å²) >= 11 is 1.36. The number of rotatable bonds is 6. The van der Waals surface area contributed by atoms with Gasteiger partial charge in [0.15, 0.2) is 5.16 Å². The molecule has 3 rings (SSSR count). The largest absolute Gasteiger partial charge is 0.457 e. The molecule has 0 unspecified atom stereocenters. The van der Waals surface area contributed by atoms with Gasteiger partial charge in [0.05, 0.1) is 5.25 Å². The van der Waals surface area contributed by atoms with E-state index in [1.165, 1.54) is 11.8 Å². The molecular weight excluding hydrogens is 336 g/mol. The fourth-order valence-electron chi connectivity index (χ4n) is 2.07. The summed E-state index contributed by atoms with van der Waals surface area (Å²) in [5.74, 6) is 1.39. The summed E-state index contributed by atoms with van der Waals surface area (Å²) < 4.78 is 7.52. The standard InChI is InChI=1S/C18H18N4O2S/c1-13(25-18-21-19-12-22(18)2)17(23)20-14-8-10-16(11-9-14)24-15-6-4-3-5-7-15/h3-13H,1-2H3,(H,20,23)/t13-/m0/s1. The molecule has 25 heavy (non-hydrogen) atoms. The average molecular weight is 354 g/mol. The molecule has 1 amide bonds. The Morgan fingerprint density at radius 2 is 1.80 bits per heavy atom. The van der Waals surface area contributed by atoms with Crippen LogP contribution in [0, 0.1) is 0 Å². The first-order chi connectivity index (χ1) is 12.1. The minimum absolute atomic E-state index is 0.0928. The van der Waals surface area contributed by atoms with Gasteiger partial charge in [-0.15, -0.1) is 10.2 Å². The highest BCUT2D eigenvalue weighted by atomic mass is 32.2. The van der Waals surface area contributed by atoms with Crippen LogP contribution in [-0.2, 0) is 11.8 Å². The third-order valence-electron chi connectivity index (χ3n) is 3.42. The zero-order valence-corrected chi connectivity index (χ0v) is 14.7. The first-order valence-electron chi connectivity index (χ1n) is 7.76. The highest BCUT2D eigenvalue weighted by Crippen LogP contribution is 2.24. The van der Waals surface area contributed by atoms with Crippen molar-refractivity contribution in [2.24, 2.45) is 7.05 Å². The molecule has 0 fully saturated rings. The van der Waals surface area contributed by atoms with E-state index in [2.05, 4.69) is 15.5 Å². The second-order valence-electron chi connectivity index (χ2n) is 5.41. The Morgan fingerprint density at radius 1 is 1.12 bits per heavy atom. The molecule has 0 aliphatic heterocycles. The SMILES string of the molecule is C[C@H](Sc1nncn1C)C(=O)Nc1ccc(Oc2ccccc2)cc1. The number of thioether (sulfide) groups is 1. The van der Waals surface area contributed by atoms with Crippen molar-refractivity contribution in [1.82, 2.24) is 14.8 Å². The normalized spacial score (nSPS) is 11.8. The summed E-state index contributed by atoms with van der Waals surface area (Å²) in [6.07, 6.45) is 1.61. The number of ether oxygens (including phenoxy) is 1. The first kappa shape index (κ1) is 17.0. The number of carbonyl (C=O) groups excluding carboxylic acids is 1. The Bertz CT molecular complexity index is 834. The molecule has 1 heterocycles. The number of hydrogen-bond donors (Lipinski definition) is 1. The number of hydrogen-bond acceptors (Lipinski definition) is 5. The lowest BCUT2D eigenvalue weighted by atomic mass is 10.3. The smallest absolute Gasteiger partial charge is 0.237 e. The molecule has 0 saturated heterocycles. The van der Waals surface area contributed by atoms with E-state index in [0.717, 1.165) is 11.4 Å². The van der Waals surface area contributed by atoms with Gasteiger partial charge in [0.25, 0.3) is 0 Å². The van der Waals surface area contributed by atoms with Crippen LogP contribution < -0.4 is 10.1 Å². The monoisotopic (exact) mass is 354 g/mol. The maximum atomic E-state index is 12.3. The summed E-state index contributed by atoms with van der Waals surface area (Å²) in [5.41, 5.74) is 0.718. The summed E-state index contributed by atoms with van der Waals surface area (Å²) in [4.78, 5) is 12.3. The summed E-state index contributed by atoms with van der Waals surface area (Å²) in [6.45, 7) is 1.83. The molecule has 7 heteroatoms. The van der Waals surface area contributed by atoms with Crippen LogP contribution in [0.2, 0.25) is 0 Å². The van der Waals surface area contributed by atoms with Crippen LogP contribution in [0.15, 0.2) is 66.1 Å². The van der Waals surface area contributed by atoms with Crippen molar-refractivity contribution < 1.29 is 9.53 Å². The van der Waals surface area contributed by atoms with Crippen LogP contribution in [0.25, 0.3) is 0 Å². The topological polar surface area (TPSA) is 69.0 Å². The Morgan fingerprint density at radius 3 is 2.44 bits per heavy atom. The van der Waals surface area contributed by atoms with Crippen LogP contribution in [-0.4, -0.2) is 25.9 Å². The van der Waals surface area contributed by atoms with E-state index in [9.17, 15) is 4.79 Å². The van der Waals surface area contributed by atoms with Crippen LogP contribution in [0.3, 0.4) is 0 Å². The Balaban J connectivity index is 1.57. The Labute approximate surface area is 150 Å². The van der Waals surface area contributed by atoms with E-state index >= 15 is 0 Å². The van der Waals surface area contributed by atoms with Gasteiger partial charge < -0.3 is 14.6 Å². The van der Waals surface area contributed by atoms with Gasteiger partial charge in [-0.2, -0.15) is 0 Å². The van der Waals surface area contributed by atoms with Gasteiger partial charge in [-0.1, -0.05) is 30.0 Å². The number of benzene rings is 2. The molecule has 6 nitrogen and oxygen atoms in total. The number of nitrogens with one attached hydrogen (secondary N) is 1. The number of carbonyl (C=O) groups is 1. The highest BCUT2D eigenvalue weighted by molar-refractivity contribution is 8.00. The maximum Gasteiger partial charge on any atom is 0.237 e. The van der Waals surface area contributed by atoms with Crippen molar-refractivity contribution in [2.45, 2.75) is 17.3 Å². The molecule has 128 valence electrons. The second-order valence-corrected chi connectivity index (χ2v) is 6.72. The van der Waals surface area contributed by atoms with E-state index in [0.29, 0.717) is 10.9 Å². The van der Waals surface area contributed by atoms with E-state index < -0.39 is 0 Å². The summed E-state index contributed by atoms with van der Waals surface area (Å²) in [6, 6.07) is 16.8. The number of amides is 1. The number of nitrogens with zero attached hydrogens (tertiary/aromatic N) is 3. The third-order valence-corrected chi connectivity index (χ3v) is 4.57. The van der Waals surface area contributed by atoms with Crippen molar-refractivity contribution in [3.8, 4) is 11.5 Å². The van der Waals surface area contributed by atoms with Crippen LogP contribution >= 0.6 is 11.8 Å². The van der Waals surface area contributed by atoms with Gasteiger partial charge in [0.2, 0.25) is 5.91 Å². The lowest BCUT2D eigenvalue weighted by molar-refractivity contribution is -0.115. The van der Waals surface area contributed by atoms with Gasteiger partial charge in [0, 0.05) is 12.7 Å². The fraction of sp³-hybridized carbons (Fsp3) is 0.167. The summed E-state index contributed by atoms with van der Waals surface area (Å²) in [7, 11) is 1.85. The van der Waals surface area contributed by atoms with Crippen LogP contribution in [0.5, 0.6) is 11.5 Å². The number of aromatic nitrogens is 3. The minimum atomic E-state index is -0.289. The van der Waals surface area contributed by atoms with Gasteiger partial charge in [0.1, 0.15) is 17.8 Å². The molecule has 1 aromatic heterocycles. The Kier molecular flexibility index (Phi) is 5.35. The van der Waals surface area contributed by atoms with Crippen molar-refractivity contribution in [3.05, 3.63) is 60.9 Å². The number of anilines is 1. The van der Waals surface area contributed by atoms with E-state index in [4.69, 9.17) is 4.74 Å². The highest BCUT2D eigenvalue weighted by Gasteiger charge is 2.17. The van der Waals surface area contributed by atoms with Crippen LogP contribution in [0.1, 0.15) is 6.92 Å². The molecule has 1 N–H and O–H groups in total. The quantitative estimate of drug-likeness (QED) is 0.683. The van der Waals surface area contributed by atoms with Gasteiger partial charge in [-0.25, -0.2) is 0 Å². The third kappa shape index (κ3) is 4.60. The molecule has 1 atom stereocenters. The molecule has 0 saturated carbocycles. The molecular formula is C18H18N4O2S. The first-order valence-corrected chi connectivity index (χ1v) is 8.64. The van der Waals surface area contributed by atoms with Crippen molar-refractivity contribution in [2.75, 3.05) is 5.32 Å². The number of para-hydroxylation sites is 1. The molecule has 0 aliphatic carbocycles. The lowest BCUT2D eigenvalue weighted by Gasteiger charge is -2.12. The Hall–Kier alpha value is -2.80. The predicted molar refractivity (Wildman–Crippen MR) is 97.9 cm³/mol. The van der Waals surface area contributed by atoms with Gasteiger partial charge >= 0.3 is 0 Å². The van der Waals surface area contributed by atoms with Gasteiger partial charge in [-0.05, 0) is 43.3 Å². The zero-order chi connectivity index (χ0) is 17.6. The van der Waals surface area contributed by atoms with Crippen LogP contribution in [0.4, 0.5) is 5.69 Å². The van der Waals surface area contributed by atoms with Crippen molar-refractivity contribution in [3.63, 3.8) is 0 Å². The number of aryl methyl sites for hydroxylation is 1. The molecule has 0 spiro atoms. The fourth-order valence-corrected chi connectivity index (χ4v) is 2.86. The van der Waals surface area contributed by atoms with Gasteiger partial charge in [-0.3, -0.25) is 4.79 Å². The molecule has 2 aromatic carbocycles. The maximum absolute atomic E-state index is 12.3. The molecule has 0 radical (unpaired) electrons. The zero-order valence-electron chi connectivity index (χ0n) is 13.9.